The van der Waals surface area contributed by atoms with Gasteiger partial charge in [0.25, 0.3) is 8.32 Å². The number of carbonyl (C=O) groups is 1. The van der Waals surface area contributed by atoms with Crippen LogP contribution in [0.25, 0.3) is 0 Å². The summed E-state index contributed by atoms with van der Waals surface area (Å²) in [4.78, 5) is 13.2. The third-order valence-electron chi connectivity index (χ3n) is 3.69. The molecule has 0 aliphatic rings. The average molecular weight is 339 g/mol. The van der Waals surface area contributed by atoms with Gasteiger partial charge in [0.05, 0.1) is 6.61 Å². The van der Waals surface area contributed by atoms with Crippen LogP contribution in [0.15, 0.2) is 46.4 Å². The summed E-state index contributed by atoms with van der Waals surface area (Å²) in [5.74, 6) is -0.0851. The topological polar surface area (TPSA) is 35.5 Å². The summed E-state index contributed by atoms with van der Waals surface area (Å²) in [5, 5.41) is 1.78. The molecule has 1 rings (SSSR count). The first-order valence-electron chi connectivity index (χ1n) is 7.45. The van der Waals surface area contributed by atoms with Crippen molar-refractivity contribution in [2.24, 2.45) is 0 Å². The molecule has 0 bridgehead atoms. The molecule has 3 nitrogen and oxygen atoms in total. The zero-order valence-corrected chi connectivity index (χ0v) is 16.1. The second-order valence-electron chi connectivity index (χ2n) is 6.50. The van der Waals surface area contributed by atoms with Gasteiger partial charge in [-0.25, -0.2) is 4.79 Å². The smallest absolute Gasteiger partial charge is 0.372 e. The highest BCUT2D eigenvalue weighted by atomic mass is 32.2. The number of hydrogen-bond acceptors (Lipinski definition) is 4. The first-order chi connectivity index (χ1) is 10.2. The molecule has 0 aliphatic carbocycles. The molecule has 0 fully saturated rings. The molecule has 0 heterocycles. The molecule has 0 saturated carbocycles. The maximum absolute atomic E-state index is 12.2. The number of esters is 1. The van der Waals surface area contributed by atoms with Crippen molar-refractivity contribution in [1.82, 2.24) is 0 Å². The molecule has 0 atom stereocenters. The van der Waals surface area contributed by atoms with Crippen LogP contribution < -0.4 is 0 Å². The number of carbonyl (C=O) groups excluding carboxylic acids is 1. The quantitative estimate of drug-likeness (QED) is 0.235. The second-order valence-corrected chi connectivity index (χ2v) is 12.2. The van der Waals surface area contributed by atoms with Gasteiger partial charge in [0, 0.05) is 10.3 Å². The summed E-state index contributed by atoms with van der Waals surface area (Å²) in [6.45, 7) is 12.8. The molecule has 0 amide bonds. The standard InChI is InChI=1S/C17H26O3SSi/c1-7-19-16(18)15(20-22(5,6)17(2,3)4)13-21-14-11-9-8-10-12-14/h8-13H,7H2,1-6H3/b15-13-. The highest BCUT2D eigenvalue weighted by Gasteiger charge is 2.40. The first kappa shape index (κ1) is 18.8. The lowest BCUT2D eigenvalue weighted by atomic mass is 10.2. The summed E-state index contributed by atoms with van der Waals surface area (Å²) >= 11 is 1.47. The van der Waals surface area contributed by atoms with E-state index in [1.54, 1.807) is 12.3 Å². The second kappa shape index (κ2) is 7.88. The van der Waals surface area contributed by atoms with Crippen molar-refractivity contribution in [2.45, 2.75) is 50.7 Å². The van der Waals surface area contributed by atoms with E-state index in [1.807, 2.05) is 30.3 Å². The van der Waals surface area contributed by atoms with Gasteiger partial charge in [0.2, 0.25) is 0 Å². The highest BCUT2D eigenvalue weighted by Crippen LogP contribution is 2.38. The number of benzene rings is 1. The van der Waals surface area contributed by atoms with Gasteiger partial charge >= 0.3 is 5.97 Å². The minimum atomic E-state index is -2.08. The molecule has 0 spiro atoms. The fourth-order valence-electron chi connectivity index (χ4n) is 1.36. The summed E-state index contributed by atoms with van der Waals surface area (Å²) < 4.78 is 11.3. The SMILES string of the molecule is CCOC(=O)/C(=C/Sc1ccccc1)O[Si](C)(C)C(C)(C)C. The number of thioether (sulfide) groups is 1. The van der Waals surface area contributed by atoms with E-state index >= 15 is 0 Å². The summed E-state index contributed by atoms with van der Waals surface area (Å²) in [7, 11) is -2.08. The molecule has 0 aromatic heterocycles. The van der Waals surface area contributed by atoms with E-state index in [1.165, 1.54) is 11.8 Å². The van der Waals surface area contributed by atoms with Crippen molar-refractivity contribution in [3.05, 3.63) is 41.5 Å². The fraction of sp³-hybridized carbons (Fsp3) is 0.471. The molecular formula is C17H26O3SSi. The maximum atomic E-state index is 12.2. The lowest BCUT2D eigenvalue weighted by molar-refractivity contribution is -0.141. The Morgan fingerprint density at radius 2 is 1.82 bits per heavy atom. The zero-order valence-electron chi connectivity index (χ0n) is 14.3. The number of hydrogen-bond donors (Lipinski definition) is 0. The summed E-state index contributed by atoms with van der Waals surface area (Å²) in [5.41, 5.74) is 0. The zero-order chi connectivity index (χ0) is 16.8. The van der Waals surface area contributed by atoms with Gasteiger partial charge < -0.3 is 9.16 Å². The molecule has 22 heavy (non-hydrogen) atoms. The minimum absolute atomic E-state index is 0.0238. The third-order valence-corrected chi connectivity index (χ3v) is 8.91. The van der Waals surface area contributed by atoms with E-state index in [-0.39, 0.29) is 5.04 Å². The first-order valence-corrected chi connectivity index (χ1v) is 11.2. The van der Waals surface area contributed by atoms with Gasteiger partial charge in [-0.1, -0.05) is 50.7 Å². The summed E-state index contributed by atoms with van der Waals surface area (Å²) in [6, 6.07) is 9.89. The van der Waals surface area contributed by atoms with Crippen LogP contribution in [0.1, 0.15) is 27.7 Å². The van der Waals surface area contributed by atoms with E-state index in [0.717, 1.165) is 4.90 Å². The lowest BCUT2D eigenvalue weighted by Gasteiger charge is -2.36. The Bertz CT molecular complexity index is 518. The average Bonchev–Trinajstić information content (AvgIpc) is 2.43. The minimum Gasteiger partial charge on any atom is -0.538 e. The maximum Gasteiger partial charge on any atom is 0.372 e. The Balaban J connectivity index is 2.96. The molecular weight excluding hydrogens is 312 g/mol. The van der Waals surface area contributed by atoms with E-state index in [0.29, 0.717) is 12.4 Å². The lowest BCUT2D eigenvalue weighted by Crippen LogP contribution is -2.41. The van der Waals surface area contributed by atoms with Crippen LogP contribution in [0, 0.1) is 0 Å². The Kier molecular flexibility index (Phi) is 6.75. The Labute approximate surface area is 139 Å². The molecule has 0 saturated heterocycles. The highest BCUT2D eigenvalue weighted by molar-refractivity contribution is 8.02. The third kappa shape index (κ3) is 5.53. The molecule has 0 radical (unpaired) electrons. The number of ether oxygens (including phenoxy) is 1. The largest absolute Gasteiger partial charge is 0.538 e. The van der Waals surface area contributed by atoms with Crippen LogP contribution in [0.4, 0.5) is 0 Å². The van der Waals surface area contributed by atoms with Gasteiger partial charge in [-0.05, 0) is 37.2 Å². The predicted molar refractivity (Wildman–Crippen MR) is 95.3 cm³/mol. The Hall–Kier alpha value is -1.20. The van der Waals surface area contributed by atoms with E-state index in [4.69, 9.17) is 9.16 Å². The van der Waals surface area contributed by atoms with Gasteiger partial charge in [-0.15, -0.1) is 0 Å². The van der Waals surface area contributed by atoms with Crippen molar-refractivity contribution in [1.29, 1.82) is 0 Å². The van der Waals surface area contributed by atoms with Crippen LogP contribution >= 0.6 is 11.8 Å². The van der Waals surface area contributed by atoms with Crippen LogP contribution in [0.3, 0.4) is 0 Å². The van der Waals surface area contributed by atoms with Crippen LogP contribution in [0.2, 0.25) is 18.1 Å². The Morgan fingerprint density at radius 1 is 1.23 bits per heavy atom. The van der Waals surface area contributed by atoms with Gasteiger partial charge in [0.15, 0.2) is 5.76 Å². The van der Waals surface area contributed by atoms with Crippen LogP contribution in [-0.2, 0) is 14.0 Å². The summed E-state index contributed by atoms with van der Waals surface area (Å²) in [6.07, 6.45) is 0. The molecule has 0 N–H and O–H groups in total. The van der Waals surface area contributed by atoms with E-state index in [2.05, 4.69) is 33.9 Å². The molecule has 5 heteroatoms. The van der Waals surface area contributed by atoms with Crippen molar-refractivity contribution in [2.75, 3.05) is 6.61 Å². The molecule has 0 unspecified atom stereocenters. The van der Waals surface area contributed by atoms with E-state index in [9.17, 15) is 4.79 Å². The van der Waals surface area contributed by atoms with Crippen molar-refractivity contribution in [3.63, 3.8) is 0 Å². The van der Waals surface area contributed by atoms with Gasteiger partial charge in [-0.2, -0.15) is 0 Å². The predicted octanol–water partition coefficient (Wildman–Crippen LogP) is 5.21. The number of rotatable bonds is 6. The Morgan fingerprint density at radius 3 is 2.32 bits per heavy atom. The van der Waals surface area contributed by atoms with E-state index < -0.39 is 14.3 Å². The molecule has 122 valence electrons. The van der Waals surface area contributed by atoms with Gasteiger partial charge in [-0.3, -0.25) is 0 Å². The normalized spacial score (nSPS) is 12.9. The molecule has 0 aliphatic heterocycles. The monoisotopic (exact) mass is 338 g/mol. The van der Waals surface area contributed by atoms with Crippen molar-refractivity contribution < 1.29 is 14.0 Å². The molecule has 1 aromatic rings. The molecule has 1 aromatic carbocycles. The van der Waals surface area contributed by atoms with Crippen LogP contribution in [0.5, 0.6) is 0 Å². The van der Waals surface area contributed by atoms with Crippen molar-refractivity contribution in [3.8, 4) is 0 Å². The van der Waals surface area contributed by atoms with Crippen molar-refractivity contribution >= 4 is 26.0 Å². The van der Waals surface area contributed by atoms with Crippen LogP contribution in [-0.4, -0.2) is 20.9 Å². The fourth-order valence-corrected chi connectivity index (χ4v) is 3.15. The van der Waals surface area contributed by atoms with Gasteiger partial charge in [0.1, 0.15) is 0 Å².